The van der Waals surface area contributed by atoms with Crippen LogP contribution in [-0.2, 0) is 12.5 Å². The first-order valence-corrected chi connectivity index (χ1v) is 7.87. The maximum Gasteiger partial charge on any atom is 0.213 e. The number of benzene rings is 2. The van der Waals surface area contributed by atoms with Gasteiger partial charge in [0.1, 0.15) is 7.05 Å². The first-order chi connectivity index (χ1) is 10.4. The highest BCUT2D eigenvalue weighted by atomic mass is 14.9. The Labute approximate surface area is 133 Å². The third-order valence-corrected chi connectivity index (χ3v) is 4.36. The van der Waals surface area contributed by atoms with Crippen molar-refractivity contribution in [1.29, 1.82) is 0 Å². The van der Waals surface area contributed by atoms with Gasteiger partial charge in [-0.15, -0.1) is 0 Å². The number of aryl methyl sites for hydroxylation is 2. The summed E-state index contributed by atoms with van der Waals surface area (Å²) in [6, 6.07) is 17.5. The zero-order valence-corrected chi connectivity index (χ0v) is 14.1. The number of rotatable bonds is 1. The van der Waals surface area contributed by atoms with Gasteiger partial charge in [-0.25, -0.2) is 4.57 Å². The molecule has 1 heterocycles. The van der Waals surface area contributed by atoms with Gasteiger partial charge in [0, 0.05) is 17.0 Å². The monoisotopic (exact) mass is 290 g/mol. The fraction of sp³-hybridized carbons (Fsp3) is 0.286. The molecule has 0 atom stereocenters. The van der Waals surface area contributed by atoms with Crippen LogP contribution >= 0.6 is 0 Å². The van der Waals surface area contributed by atoms with Gasteiger partial charge in [0.2, 0.25) is 5.69 Å². The topological polar surface area (TPSA) is 3.88 Å². The van der Waals surface area contributed by atoms with Crippen LogP contribution in [0.3, 0.4) is 0 Å². The smallest absolute Gasteiger partial charge is 0.200 e. The number of fused-ring (bicyclic) bond motifs is 1. The zero-order valence-electron chi connectivity index (χ0n) is 14.1. The van der Waals surface area contributed by atoms with Gasteiger partial charge in [-0.2, -0.15) is 0 Å². The number of hydrogen-bond acceptors (Lipinski definition) is 0. The fourth-order valence-electron chi connectivity index (χ4n) is 3.15. The summed E-state index contributed by atoms with van der Waals surface area (Å²) in [5.74, 6) is 0. The Morgan fingerprint density at radius 2 is 1.64 bits per heavy atom. The highest BCUT2D eigenvalue weighted by Crippen LogP contribution is 2.31. The number of pyridine rings is 1. The Bertz CT molecular complexity index is 838. The SMILES string of the molecule is Cc1ccccc1-c1cc2cccc(C(C)(C)C)c2c[n+]1C. The van der Waals surface area contributed by atoms with E-state index in [1.165, 1.54) is 33.2 Å². The Morgan fingerprint density at radius 1 is 0.909 bits per heavy atom. The maximum absolute atomic E-state index is 2.31. The van der Waals surface area contributed by atoms with Gasteiger partial charge in [0.05, 0.1) is 0 Å². The predicted molar refractivity (Wildman–Crippen MR) is 94.0 cm³/mol. The Morgan fingerprint density at radius 3 is 2.32 bits per heavy atom. The van der Waals surface area contributed by atoms with Crippen molar-refractivity contribution < 1.29 is 4.57 Å². The van der Waals surface area contributed by atoms with Crippen molar-refractivity contribution in [1.82, 2.24) is 0 Å². The zero-order chi connectivity index (χ0) is 15.9. The highest BCUT2D eigenvalue weighted by Gasteiger charge is 2.20. The molecule has 112 valence electrons. The van der Waals surface area contributed by atoms with Crippen LogP contribution in [0.1, 0.15) is 31.9 Å². The molecule has 0 amide bonds. The van der Waals surface area contributed by atoms with Crippen LogP contribution in [0, 0.1) is 6.92 Å². The number of nitrogens with zero attached hydrogens (tertiary/aromatic N) is 1. The van der Waals surface area contributed by atoms with Crippen LogP contribution in [0.2, 0.25) is 0 Å². The van der Waals surface area contributed by atoms with Crippen LogP contribution in [-0.4, -0.2) is 0 Å². The van der Waals surface area contributed by atoms with Gasteiger partial charge in [-0.05, 0) is 34.9 Å². The Hall–Kier alpha value is -2.15. The first-order valence-electron chi connectivity index (χ1n) is 7.87. The molecule has 0 saturated carbocycles. The van der Waals surface area contributed by atoms with E-state index in [0.29, 0.717) is 0 Å². The largest absolute Gasteiger partial charge is 0.213 e. The van der Waals surface area contributed by atoms with E-state index in [-0.39, 0.29) is 5.41 Å². The van der Waals surface area contributed by atoms with Crippen molar-refractivity contribution in [2.75, 3.05) is 0 Å². The van der Waals surface area contributed by atoms with Gasteiger partial charge in [0.15, 0.2) is 6.20 Å². The van der Waals surface area contributed by atoms with Crippen molar-refractivity contribution >= 4 is 10.8 Å². The molecule has 0 bridgehead atoms. The van der Waals surface area contributed by atoms with E-state index in [1.54, 1.807) is 0 Å². The Kier molecular flexibility index (Phi) is 3.52. The molecule has 3 aromatic rings. The minimum atomic E-state index is 0.149. The minimum Gasteiger partial charge on any atom is -0.200 e. The summed E-state index contributed by atoms with van der Waals surface area (Å²) in [7, 11) is 2.14. The van der Waals surface area contributed by atoms with Gasteiger partial charge in [-0.3, -0.25) is 0 Å². The molecule has 22 heavy (non-hydrogen) atoms. The lowest BCUT2D eigenvalue weighted by Gasteiger charge is -2.20. The lowest BCUT2D eigenvalue weighted by molar-refractivity contribution is -0.659. The molecule has 1 heteroatoms. The summed E-state index contributed by atoms with van der Waals surface area (Å²) >= 11 is 0. The normalized spacial score (nSPS) is 11.9. The molecular weight excluding hydrogens is 266 g/mol. The van der Waals surface area contributed by atoms with Gasteiger partial charge in [0.25, 0.3) is 0 Å². The second kappa shape index (κ2) is 5.24. The quantitative estimate of drug-likeness (QED) is 0.559. The second-order valence-electron chi connectivity index (χ2n) is 7.14. The molecule has 0 aliphatic heterocycles. The molecule has 1 aromatic heterocycles. The van der Waals surface area contributed by atoms with Crippen molar-refractivity contribution in [3.63, 3.8) is 0 Å². The summed E-state index contributed by atoms with van der Waals surface area (Å²) in [4.78, 5) is 0. The molecule has 0 N–H and O–H groups in total. The molecule has 0 aliphatic carbocycles. The standard InChI is InChI=1S/C21H24N/c1-15-9-6-7-11-17(15)20-13-16-10-8-12-19(21(2,3)4)18(16)14-22(20)5/h6-14H,1-5H3/q+1. The lowest BCUT2D eigenvalue weighted by Crippen LogP contribution is -2.31. The van der Waals surface area contributed by atoms with Crippen molar-refractivity contribution in [2.24, 2.45) is 7.05 Å². The van der Waals surface area contributed by atoms with Crippen molar-refractivity contribution in [2.45, 2.75) is 33.1 Å². The molecule has 2 aromatic carbocycles. The summed E-state index contributed by atoms with van der Waals surface area (Å²) in [6.45, 7) is 9.00. The average molecular weight is 290 g/mol. The minimum absolute atomic E-state index is 0.149. The van der Waals surface area contributed by atoms with E-state index in [1.807, 2.05) is 0 Å². The molecule has 0 spiro atoms. The molecule has 0 saturated heterocycles. The fourth-order valence-corrected chi connectivity index (χ4v) is 3.15. The maximum atomic E-state index is 2.31. The molecular formula is C21H24N+. The van der Waals surface area contributed by atoms with Crippen LogP contribution in [0.4, 0.5) is 0 Å². The second-order valence-corrected chi connectivity index (χ2v) is 7.14. The third kappa shape index (κ3) is 2.52. The molecule has 0 unspecified atom stereocenters. The van der Waals surface area contributed by atoms with Gasteiger partial charge >= 0.3 is 0 Å². The molecule has 1 nitrogen and oxygen atoms in total. The van der Waals surface area contributed by atoms with E-state index in [4.69, 9.17) is 0 Å². The van der Waals surface area contributed by atoms with Crippen LogP contribution in [0.15, 0.2) is 54.7 Å². The predicted octanol–water partition coefficient (Wildman–Crippen LogP) is 4.94. The van der Waals surface area contributed by atoms with E-state index >= 15 is 0 Å². The summed E-state index contributed by atoms with van der Waals surface area (Å²) in [6.07, 6.45) is 2.28. The summed E-state index contributed by atoms with van der Waals surface area (Å²) < 4.78 is 2.25. The van der Waals surface area contributed by atoms with Crippen molar-refractivity contribution in [3.05, 3.63) is 65.9 Å². The van der Waals surface area contributed by atoms with E-state index in [0.717, 1.165) is 0 Å². The molecule has 3 rings (SSSR count). The van der Waals surface area contributed by atoms with Gasteiger partial charge in [-0.1, -0.05) is 57.2 Å². The van der Waals surface area contributed by atoms with E-state index in [2.05, 4.69) is 94.0 Å². The third-order valence-electron chi connectivity index (χ3n) is 4.36. The molecule has 0 radical (unpaired) electrons. The molecule has 0 fully saturated rings. The lowest BCUT2D eigenvalue weighted by atomic mass is 9.84. The van der Waals surface area contributed by atoms with Gasteiger partial charge < -0.3 is 0 Å². The van der Waals surface area contributed by atoms with Crippen LogP contribution in [0.25, 0.3) is 22.0 Å². The molecule has 0 aliphatic rings. The first kappa shape index (κ1) is 14.8. The van der Waals surface area contributed by atoms with E-state index in [9.17, 15) is 0 Å². The number of hydrogen-bond donors (Lipinski definition) is 0. The van der Waals surface area contributed by atoms with Crippen LogP contribution < -0.4 is 4.57 Å². The van der Waals surface area contributed by atoms with Crippen LogP contribution in [0.5, 0.6) is 0 Å². The summed E-state index contributed by atoms with van der Waals surface area (Å²) in [5, 5.41) is 2.65. The van der Waals surface area contributed by atoms with E-state index < -0.39 is 0 Å². The number of aromatic nitrogens is 1. The van der Waals surface area contributed by atoms with Crippen molar-refractivity contribution in [3.8, 4) is 11.3 Å². The summed E-state index contributed by atoms with van der Waals surface area (Å²) in [5.41, 5.74) is 5.42. The average Bonchev–Trinajstić information content (AvgIpc) is 2.46. The Balaban J connectivity index is 2.29. The highest BCUT2D eigenvalue weighted by molar-refractivity contribution is 5.87.